The van der Waals surface area contributed by atoms with E-state index in [-0.39, 0.29) is 11.8 Å². The fraction of sp³-hybridized carbons (Fsp3) is 0.364. The van der Waals surface area contributed by atoms with Crippen LogP contribution in [0.3, 0.4) is 0 Å². The summed E-state index contributed by atoms with van der Waals surface area (Å²) in [6.07, 6.45) is 0. The second-order valence-electron chi connectivity index (χ2n) is 3.39. The first-order chi connectivity index (χ1) is 7.63. The second-order valence-corrected chi connectivity index (χ2v) is 3.39. The van der Waals surface area contributed by atoms with Crippen LogP contribution in [0.4, 0.5) is 10.5 Å². The normalized spacial score (nSPS) is 9.88. The predicted octanol–water partition coefficient (Wildman–Crippen LogP) is 1.47. The van der Waals surface area contributed by atoms with E-state index in [4.69, 9.17) is 4.74 Å². The number of amides is 2. The molecule has 0 aliphatic rings. The van der Waals surface area contributed by atoms with Crippen LogP contribution in [0.1, 0.15) is 5.56 Å². The second kappa shape index (κ2) is 5.97. The van der Waals surface area contributed by atoms with Gasteiger partial charge >= 0.3 is 6.03 Å². The Morgan fingerprint density at radius 2 is 2.25 bits per heavy atom. The summed E-state index contributed by atoms with van der Waals surface area (Å²) >= 11 is 0. The number of carbonyl (C=O) groups is 1. The molecule has 1 aromatic carbocycles. The molecule has 0 aliphatic carbocycles. The van der Waals surface area contributed by atoms with E-state index in [1.165, 1.54) is 0 Å². The number of benzene rings is 1. The quantitative estimate of drug-likeness (QED) is 0.535. The van der Waals surface area contributed by atoms with Crippen molar-refractivity contribution in [2.75, 3.05) is 25.6 Å². The van der Waals surface area contributed by atoms with Gasteiger partial charge in [-0.05, 0) is 24.6 Å². The number of carbonyl (C=O) groups excluding carboxylic acids is 1. The highest BCUT2D eigenvalue weighted by Crippen LogP contribution is 2.23. The van der Waals surface area contributed by atoms with E-state index in [2.05, 4.69) is 10.6 Å². The molecule has 3 N–H and O–H groups in total. The lowest BCUT2D eigenvalue weighted by Crippen LogP contribution is -2.31. The Balaban J connectivity index is 2.52. The molecule has 0 saturated heterocycles. The number of rotatable bonds is 4. The standard InChI is InChI=1S/C11H16N2O3/c1-8-3-4-10(14)9(7-8)13-11(15)12-5-6-16-2/h3-4,7,14H,5-6H2,1-2H3,(H2,12,13,15). The van der Waals surface area contributed by atoms with Crippen molar-refractivity contribution in [2.24, 2.45) is 0 Å². The van der Waals surface area contributed by atoms with Gasteiger partial charge < -0.3 is 20.5 Å². The molecule has 0 aliphatic heterocycles. The smallest absolute Gasteiger partial charge is 0.319 e. The molecule has 0 unspecified atom stereocenters. The van der Waals surface area contributed by atoms with Crippen molar-refractivity contribution in [1.82, 2.24) is 5.32 Å². The number of hydrogen-bond acceptors (Lipinski definition) is 3. The minimum atomic E-state index is -0.363. The summed E-state index contributed by atoms with van der Waals surface area (Å²) in [6.45, 7) is 2.76. The Morgan fingerprint density at radius 3 is 2.94 bits per heavy atom. The van der Waals surface area contributed by atoms with E-state index in [9.17, 15) is 9.90 Å². The Morgan fingerprint density at radius 1 is 1.50 bits per heavy atom. The summed E-state index contributed by atoms with van der Waals surface area (Å²) in [4.78, 5) is 11.4. The van der Waals surface area contributed by atoms with Crippen molar-refractivity contribution in [3.05, 3.63) is 23.8 Å². The molecule has 0 aromatic heterocycles. The molecule has 88 valence electrons. The maximum Gasteiger partial charge on any atom is 0.319 e. The van der Waals surface area contributed by atoms with E-state index in [0.717, 1.165) is 5.56 Å². The SMILES string of the molecule is COCCNC(=O)Nc1cc(C)ccc1O. The maximum atomic E-state index is 11.4. The van der Waals surface area contributed by atoms with Crippen molar-refractivity contribution in [1.29, 1.82) is 0 Å². The van der Waals surface area contributed by atoms with Crippen LogP contribution >= 0.6 is 0 Å². The summed E-state index contributed by atoms with van der Waals surface area (Å²) in [5, 5.41) is 14.6. The fourth-order valence-electron chi connectivity index (χ4n) is 1.18. The molecule has 2 amide bonds. The molecule has 0 radical (unpaired) electrons. The number of aryl methyl sites for hydroxylation is 1. The van der Waals surface area contributed by atoms with Gasteiger partial charge in [0.25, 0.3) is 0 Å². The zero-order valence-corrected chi connectivity index (χ0v) is 9.41. The Labute approximate surface area is 94.4 Å². The summed E-state index contributed by atoms with van der Waals surface area (Å²) in [5.41, 5.74) is 1.36. The summed E-state index contributed by atoms with van der Waals surface area (Å²) in [7, 11) is 1.56. The highest BCUT2D eigenvalue weighted by atomic mass is 16.5. The molecule has 16 heavy (non-hydrogen) atoms. The van der Waals surface area contributed by atoms with E-state index in [1.807, 2.05) is 6.92 Å². The first kappa shape index (κ1) is 12.3. The van der Waals surface area contributed by atoms with Gasteiger partial charge in [0, 0.05) is 13.7 Å². The number of hydrogen-bond donors (Lipinski definition) is 3. The molecule has 0 atom stereocenters. The zero-order chi connectivity index (χ0) is 12.0. The molecule has 0 fully saturated rings. The molecular formula is C11H16N2O3. The van der Waals surface area contributed by atoms with Gasteiger partial charge in [0.1, 0.15) is 5.75 Å². The number of aromatic hydroxyl groups is 1. The lowest BCUT2D eigenvalue weighted by atomic mass is 10.2. The Kier molecular flexibility index (Phi) is 4.60. The lowest BCUT2D eigenvalue weighted by molar-refractivity contribution is 0.198. The van der Waals surface area contributed by atoms with Crippen LogP contribution in [-0.2, 0) is 4.74 Å². The number of phenols is 1. The summed E-state index contributed by atoms with van der Waals surface area (Å²) in [6, 6.07) is 4.65. The van der Waals surface area contributed by atoms with Crippen molar-refractivity contribution < 1.29 is 14.6 Å². The Hall–Kier alpha value is -1.75. The predicted molar refractivity (Wildman–Crippen MR) is 61.7 cm³/mol. The minimum absolute atomic E-state index is 0.0486. The average molecular weight is 224 g/mol. The lowest BCUT2D eigenvalue weighted by Gasteiger charge is -2.09. The number of anilines is 1. The van der Waals surface area contributed by atoms with Crippen molar-refractivity contribution in [3.63, 3.8) is 0 Å². The van der Waals surface area contributed by atoms with Crippen LogP contribution in [0.2, 0.25) is 0 Å². The Bertz CT molecular complexity index is 366. The van der Waals surface area contributed by atoms with Crippen LogP contribution in [0.15, 0.2) is 18.2 Å². The van der Waals surface area contributed by atoms with Crippen molar-refractivity contribution in [2.45, 2.75) is 6.92 Å². The van der Waals surface area contributed by atoms with E-state index in [0.29, 0.717) is 18.8 Å². The summed E-state index contributed by atoms with van der Waals surface area (Å²) in [5.74, 6) is 0.0486. The molecule has 1 aromatic rings. The number of phenolic OH excluding ortho intramolecular Hbond substituents is 1. The van der Waals surface area contributed by atoms with Crippen LogP contribution in [0.5, 0.6) is 5.75 Å². The first-order valence-corrected chi connectivity index (χ1v) is 4.97. The molecule has 5 heteroatoms. The van der Waals surface area contributed by atoms with E-state index < -0.39 is 0 Å². The van der Waals surface area contributed by atoms with Gasteiger partial charge in [0.15, 0.2) is 0 Å². The fourth-order valence-corrected chi connectivity index (χ4v) is 1.18. The monoisotopic (exact) mass is 224 g/mol. The van der Waals surface area contributed by atoms with Gasteiger partial charge in [-0.1, -0.05) is 6.07 Å². The van der Waals surface area contributed by atoms with Gasteiger partial charge in [-0.3, -0.25) is 0 Å². The van der Waals surface area contributed by atoms with E-state index >= 15 is 0 Å². The number of ether oxygens (including phenoxy) is 1. The third-order valence-corrected chi connectivity index (χ3v) is 1.99. The van der Waals surface area contributed by atoms with Crippen LogP contribution < -0.4 is 10.6 Å². The van der Waals surface area contributed by atoms with Crippen molar-refractivity contribution in [3.8, 4) is 5.75 Å². The van der Waals surface area contributed by atoms with Crippen LogP contribution in [-0.4, -0.2) is 31.4 Å². The molecule has 5 nitrogen and oxygen atoms in total. The molecule has 0 bridgehead atoms. The summed E-state index contributed by atoms with van der Waals surface area (Å²) < 4.78 is 4.79. The van der Waals surface area contributed by atoms with Gasteiger partial charge in [0.05, 0.1) is 12.3 Å². The maximum absolute atomic E-state index is 11.4. The molecule has 1 rings (SSSR count). The number of nitrogens with one attached hydrogen (secondary N) is 2. The van der Waals surface area contributed by atoms with Gasteiger partial charge in [-0.15, -0.1) is 0 Å². The van der Waals surface area contributed by atoms with Crippen LogP contribution in [0.25, 0.3) is 0 Å². The minimum Gasteiger partial charge on any atom is -0.506 e. The highest BCUT2D eigenvalue weighted by Gasteiger charge is 2.05. The zero-order valence-electron chi connectivity index (χ0n) is 9.41. The third-order valence-electron chi connectivity index (χ3n) is 1.99. The van der Waals surface area contributed by atoms with E-state index in [1.54, 1.807) is 25.3 Å². The average Bonchev–Trinajstić information content (AvgIpc) is 2.24. The van der Waals surface area contributed by atoms with Crippen molar-refractivity contribution >= 4 is 11.7 Å². The highest BCUT2D eigenvalue weighted by molar-refractivity contribution is 5.90. The van der Waals surface area contributed by atoms with Crippen LogP contribution in [0, 0.1) is 6.92 Å². The topological polar surface area (TPSA) is 70.6 Å². The number of methoxy groups -OCH3 is 1. The van der Waals surface area contributed by atoms with Gasteiger partial charge in [-0.2, -0.15) is 0 Å². The number of urea groups is 1. The largest absolute Gasteiger partial charge is 0.506 e. The first-order valence-electron chi connectivity index (χ1n) is 4.97. The molecule has 0 saturated carbocycles. The molecule has 0 spiro atoms. The molecule has 0 heterocycles. The van der Waals surface area contributed by atoms with Gasteiger partial charge in [-0.25, -0.2) is 4.79 Å². The van der Waals surface area contributed by atoms with Gasteiger partial charge in [0.2, 0.25) is 0 Å². The molecular weight excluding hydrogens is 208 g/mol. The third kappa shape index (κ3) is 3.78.